The predicted octanol–water partition coefficient (Wildman–Crippen LogP) is 5.83. The van der Waals surface area contributed by atoms with E-state index >= 15 is 0 Å². The van der Waals surface area contributed by atoms with Gasteiger partial charge in [-0.15, -0.1) is 0 Å². The Kier molecular flexibility index (Phi) is 7.30. The number of carbonyl (C=O) groups excluding carboxylic acids is 2. The number of nitrogens with one attached hydrogen (secondary N) is 1. The van der Waals surface area contributed by atoms with Crippen LogP contribution in [-0.4, -0.2) is 40.1 Å². The highest BCUT2D eigenvalue weighted by atomic mass is 35.5. The molecule has 37 heavy (non-hydrogen) atoms. The first-order chi connectivity index (χ1) is 17.9. The highest BCUT2D eigenvalue weighted by Gasteiger charge is 2.39. The number of thioether (sulfide) groups is 1. The number of anilines is 1. The topological polar surface area (TPSA) is 83.4 Å². The van der Waals surface area contributed by atoms with E-state index in [-0.39, 0.29) is 24.3 Å². The number of hydrogen-bond acceptors (Lipinski definition) is 6. The number of carbonyl (C=O) groups is 2. The van der Waals surface area contributed by atoms with Crippen molar-refractivity contribution in [2.45, 2.75) is 31.1 Å². The van der Waals surface area contributed by atoms with E-state index in [1.807, 2.05) is 79.7 Å². The van der Waals surface area contributed by atoms with Gasteiger partial charge >= 0.3 is 0 Å². The van der Waals surface area contributed by atoms with Gasteiger partial charge in [-0.2, -0.15) is 10.1 Å². The van der Waals surface area contributed by atoms with Gasteiger partial charge in [0.2, 0.25) is 5.91 Å². The number of hydrazone groups is 1. The van der Waals surface area contributed by atoms with Crippen molar-refractivity contribution in [1.82, 2.24) is 5.01 Å². The Morgan fingerprint density at radius 1 is 1.08 bits per heavy atom. The number of amides is 2. The van der Waals surface area contributed by atoms with Gasteiger partial charge in [0.25, 0.3) is 5.91 Å². The lowest BCUT2D eigenvalue weighted by molar-refractivity contribution is -0.121. The van der Waals surface area contributed by atoms with Crippen LogP contribution >= 0.6 is 23.4 Å². The second-order valence-corrected chi connectivity index (χ2v) is 10.5. The zero-order valence-corrected chi connectivity index (χ0v) is 21.9. The highest BCUT2D eigenvalue weighted by Crippen LogP contribution is 2.39. The molecule has 7 nitrogen and oxygen atoms in total. The van der Waals surface area contributed by atoms with E-state index in [1.54, 1.807) is 12.1 Å². The molecule has 1 N–H and O–H groups in total. The van der Waals surface area contributed by atoms with E-state index in [0.29, 0.717) is 22.3 Å². The molecule has 0 fully saturated rings. The Bertz CT molecular complexity index is 1370. The molecule has 2 aliphatic rings. The summed E-state index contributed by atoms with van der Waals surface area (Å²) in [5.41, 5.74) is 4.65. The van der Waals surface area contributed by atoms with E-state index < -0.39 is 5.25 Å². The van der Waals surface area contributed by atoms with Gasteiger partial charge in [-0.25, -0.2) is 5.01 Å². The number of methoxy groups -OCH3 is 1. The van der Waals surface area contributed by atoms with E-state index in [9.17, 15) is 9.59 Å². The van der Waals surface area contributed by atoms with Crippen LogP contribution in [-0.2, 0) is 9.59 Å². The number of nitrogens with zero attached hydrogens (tertiary/aromatic N) is 3. The van der Waals surface area contributed by atoms with Crippen LogP contribution in [0.3, 0.4) is 0 Å². The Morgan fingerprint density at radius 2 is 1.78 bits per heavy atom. The fraction of sp³-hybridized carbons (Fsp3) is 0.214. The summed E-state index contributed by atoms with van der Waals surface area (Å²) >= 11 is 7.40. The molecule has 0 saturated heterocycles. The molecule has 0 bridgehead atoms. The van der Waals surface area contributed by atoms with Gasteiger partial charge < -0.3 is 10.1 Å². The first-order valence-corrected chi connectivity index (χ1v) is 13.1. The van der Waals surface area contributed by atoms with E-state index in [2.05, 4.69) is 10.3 Å². The summed E-state index contributed by atoms with van der Waals surface area (Å²) in [4.78, 5) is 29.7. The normalized spacial score (nSPS) is 19.0. The number of aryl methyl sites for hydroxylation is 1. The molecule has 9 heteroatoms. The molecule has 2 atom stereocenters. The smallest absolute Gasteiger partial charge is 0.262 e. The lowest BCUT2D eigenvalue weighted by Gasteiger charge is -2.23. The van der Waals surface area contributed by atoms with Crippen molar-refractivity contribution < 1.29 is 14.3 Å². The molecule has 0 unspecified atom stereocenters. The number of ether oxygens (including phenoxy) is 1. The lowest BCUT2D eigenvalue weighted by atomic mass is 9.98. The van der Waals surface area contributed by atoms with Crippen molar-refractivity contribution in [3.8, 4) is 5.75 Å². The second-order valence-electron chi connectivity index (χ2n) is 8.85. The van der Waals surface area contributed by atoms with Crippen LogP contribution in [0.5, 0.6) is 5.75 Å². The Labute approximate surface area is 224 Å². The van der Waals surface area contributed by atoms with E-state index in [1.165, 1.54) is 11.8 Å². The fourth-order valence-corrected chi connectivity index (χ4v) is 5.40. The number of halogens is 1. The van der Waals surface area contributed by atoms with Crippen LogP contribution in [0.2, 0.25) is 5.02 Å². The zero-order chi connectivity index (χ0) is 25.9. The van der Waals surface area contributed by atoms with Crippen LogP contribution in [0.25, 0.3) is 0 Å². The number of aliphatic imine (C=N–C) groups is 1. The fourth-order valence-electron chi connectivity index (χ4n) is 4.21. The molecule has 2 amide bonds. The maximum atomic E-state index is 12.8. The number of amidine groups is 1. The first-order valence-electron chi connectivity index (χ1n) is 11.8. The molecular weight excluding hydrogens is 508 g/mol. The third-order valence-corrected chi connectivity index (χ3v) is 7.61. The molecular formula is C28H25ClN4O3S. The van der Waals surface area contributed by atoms with Crippen molar-refractivity contribution >= 4 is 51.7 Å². The SMILES string of the molecule is COc1ccc(C2=NN(C3=NC(=O)[C@@H](CC(=O)Nc4ccc(C)cc4)S3)[C@@H](c3ccc(Cl)cc3)C2)cc1. The van der Waals surface area contributed by atoms with Crippen LogP contribution in [0.1, 0.15) is 35.6 Å². The van der Waals surface area contributed by atoms with Gasteiger partial charge in [-0.05, 0) is 66.6 Å². The lowest BCUT2D eigenvalue weighted by Crippen LogP contribution is -2.25. The molecule has 0 radical (unpaired) electrons. The van der Waals surface area contributed by atoms with Crippen LogP contribution in [0.15, 0.2) is 82.9 Å². The molecule has 3 aromatic carbocycles. The second kappa shape index (κ2) is 10.8. The van der Waals surface area contributed by atoms with E-state index in [0.717, 1.165) is 28.2 Å². The number of hydrogen-bond donors (Lipinski definition) is 1. The largest absolute Gasteiger partial charge is 0.497 e. The van der Waals surface area contributed by atoms with Crippen LogP contribution in [0, 0.1) is 6.92 Å². The maximum absolute atomic E-state index is 12.8. The minimum absolute atomic E-state index is 0.0267. The first kappa shape index (κ1) is 25.0. The van der Waals surface area contributed by atoms with Crippen molar-refractivity contribution in [2.24, 2.45) is 10.1 Å². The highest BCUT2D eigenvalue weighted by molar-refractivity contribution is 8.15. The van der Waals surface area contributed by atoms with Gasteiger partial charge in [0.15, 0.2) is 5.17 Å². The minimum atomic E-state index is -0.605. The molecule has 2 heterocycles. The molecule has 0 spiro atoms. The van der Waals surface area contributed by atoms with Gasteiger partial charge in [0.1, 0.15) is 11.0 Å². The monoisotopic (exact) mass is 532 g/mol. The van der Waals surface area contributed by atoms with Crippen molar-refractivity contribution in [3.05, 3.63) is 94.5 Å². The molecule has 0 aromatic heterocycles. The summed E-state index contributed by atoms with van der Waals surface area (Å²) in [6.07, 6.45) is 0.652. The number of rotatable bonds is 6. The van der Waals surface area contributed by atoms with Gasteiger partial charge in [-0.1, -0.05) is 53.2 Å². The average Bonchev–Trinajstić information content (AvgIpc) is 3.50. The Morgan fingerprint density at radius 3 is 2.46 bits per heavy atom. The third-order valence-electron chi connectivity index (χ3n) is 6.22. The predicted molar refractivity (Wildman–Crippen MR) is 148 cm³/mol. The van der Waals surface area contributed by atoms with Gasteiger partial charge in [-0.3, -0.25) is 9.59 Å². The molecule has 0 saturated carbocycles. The third kappa shape index (κ3) is 5.70. The maximum Gasteiger partial charge on any atom is 0.262 e. The van der Waals surface area contributed by atoms with Crippen molar-refractivity contribution in [3.63, 3.8) is 0 Å². The Balaban J connectivity index is 1.35. The average molecular weight is 533 g/mol. The van der Waals surface area contributed by atoms with Crippen LogP contribution < -0.4 is 10.1 Å². The summed E-state index contributed by atoms with van der Waals surface area (Å²) in [5, 5.41) is 10.1. The van der Waals surface area contributed by atoms with Crippen molar-refractivity contribution in [2.75, 3.05) is 12.4 Å². The summed E-state index contributed by atoms with van der Waals surface area (Å²) in [6.45, 7) is 1.98. The summed E-state index contributed by atoms with van der Waals surface area (Å²) in [7, 11) is 1.63. The summed E-state index contributed by atoms with van der Waals surface area (Å²) in [6, 6.07) is 22.7. The molecule has 3 aromatic rings. The quantitative estimate of drug-likeness (QED) is 0.431. The molecule has 5 rings (SSSR count). The van der Waals surface area contributed by atoms with Crippen LogP contribution in [0.4, 0.5) is 5.69 Å². The van der Waals surface area contributed by atoms with Gasteiger partial charge in [0.05, 0.1) is 18.9 Å². The molecule has 188 valence electrons. The van der Waals surface area contributed by atoms with Crippen molar-refractivity contribution in [1.29, 1.82) is 0 Å². The minimum Gasteiger partial charge on any atom is -0.497 e. The standard InChI is InChI=1S/C28H25ClN4O3S/c1-17-3-11-21(12-4-17)30-26(34)16-25-27(35)31-28(37-25)33-24(19-5-9-20(29)10-6-19)15-23(32-33)18-7-13-22(36-2)14-8-18/h3-14,24-25H,15-16H2,1-2H3,(H,30,34)/t24-,25-/m1/s1. The molecule has 0 aliphatic carbocycles. The Hall–Kier alpha value is -3.62. The van der Waals surface area contributed by atoms with Gasteiger partial charge in [0, 0.05) is 23.6 Å². The molecule has 2 aliphatic heterocycles. The summed E-state index contributed by atoms with van der Waals surface area (Å²) in [5.74, 6) is 0.202. The number of benzene rings is 3. The zero-order valence-electron chi connectivity index (χ0n) is 20.3. The summed E-state index contributed by atoms with van der Waals surface area (Å²) < 4.78 is 5.28. The van der Waals surface area contributed by atoms with E-state index in [4.69, 9.17) is 21.4 Å².